The summed E-state index contributed by atoms with van der Waals surface area (Å²) in [5, 5.41) is 16.5. The Labute approximate surface area is 233 Å². The van der Waals surface area contributed by atoms with Crippen LogP contribution in [-0.2, 0) is 19.1 Å². The van der Waals surface area contributed by atoms with Gasteiger partial charge in [0.1, 0.15) is 18.8 Å². The van der Waals surface area contributed by atoms with E-state index in [2.05, 4.69) is 25.6 Å². The molecule has 220 valence electrons. The van der Waals surface area contributed by atoms with Gasteiger partial charge in [0.2, 0.25) is 11.9 Å². The number of aromatic nitrogens is 4. The van der Waals surface area contributed by atoms with Crippen molar-refractivity contribution in [2.24, 2.45) is 11.8 Å². The maximum absolute atomic E-state index is 16.0. The minimum Gasteiger partial charge on any atom is -0.463 e. The van der Waals surface area contributed by atoms with E-state index in [0.29, 0.717) is 36.0 Å². The van der Waals surface area contributed by atoms with Crippen molar-refractivity contribution in [3.63, 3.8) is 0 Å². The first-order chi connectivity index (χ1) is 19.3. The van der Waals surface area contributed by atoms with Crippen LogP contribution in [0.1, 0.15) is 90.2 Å². The van der Waals surface area contributed by atoms with Crippen LogP contribution in [0.15, 0.2) is 6.33 Å². The molecule has 2 saturated carbocycles. The molecule has 11 nitrogen and oxygen atoms in total. The molecule has 0 radical (unpaired) electrons. The minimum atomic E-state index is -2.23. The third-order valence-electron chi connectivity index (χ3n) is 8.67. The van der Waals surface area contributed by atoms with Gasteiger partial charge in [0.25, 0.3) is 0 Å². The van der Waals surface area contributed by atoms with E-state index < -0.39 is 24.1 Å². The van der Waals surface area contributed by atoms with Gasteiger partial charge in [-0.25, -0.2) is 9.37 Å². The molecule has 4 atom stereocenters. The number of carbonyl (C=O) groups is 2. The summed E-state index contributed by atoms with van der Waals surface area (Å²) in [6.45, 7) is 0.986. The number of alkyl halides is 1. The second kappa shape index (κ2) is 12.3. The van der Waals surface area contributed by atoms with Gasteiger partial charge in [0.05, 0.1) is 6.33 Å². The maximum Gasteiger partial charge on any atom is 0.306 e. The predicted octanol–water partition coefficient (Wildman–Crippen LogP) is 4.28. The van der Waals surface area contributed by atoms with Crippen LogP contribution in [0.3, 0.4) is 0 Å². The van der Waals surface area contributed by atoms with E-state index in [1.165, 1.54) is 30.7 Å². The number of aliphatic hydroxyl groups is 1. The molecule has 12 heteroatoms. The quantitative estimate of drug-likeness (QED) is 0.383. The summed E-state index contributed by atoms with van der Waals surface area (Å²) in [4.78, 5) is 38.4. The van der Waals surface area contributed by atoms with Crippen LogP contribution in [0, 0.1) is 11.8 Å². The van der Waals surface area contributed by atoms with Crippen molar-refractivity contribution in [2.75, 3.05) is 24.3 Å². The van der Waals surface area contributed by atoms with Gasteiger partial charge in [-0.2, -0.15) is 9.97 Å². The predicted molar refractivity (Wildman–Crippen MR) is 146 cm³/mol. The van der Waals surface area contributed by atoms with Crippen molar-refractivity contribution in [1.29, 1.82) is 0 Å². The number of imidazole rings is 1. The SMILES string of the molecule is CNc1nc(NC(=O)CC2CCCCC2)nc2c1ncn2[C@@H]1O[C@H](COC(=O)CC2CCCCC2)[C@@H](O)[C@@]1(C)F. The van der Waals surface area contributed by atoms with Crippen molar-refractivity contribution in [3.05, 3.63) is 6.33 Å². The topological polar surface area (TPSA) is 140 Å². The molecule has 1 aliphatic heterocycles. The minimum absolute atomic E-state index is 0.0757. The number of fused-ring (bicyclic) bond motifs is 1. The number of rotatable bonds is 9. The zero-order valence-electron chi connectivity index (χ0n) is 23.4. The molecule has 40 heavy (non-hydrogen) atoms. The van der Waals surface area contributed by atoms with Gasteiger partial charge in [-0.1, -0.05) is 38.5 Å². The Morgan fingerprint density at radius 3 is 2.40 bits per heavy atom. The molecule has 0 unspecified atom stereocenters. The smallest absolute Gasteiger partial charge is 0.306 e. The fourth-order valence-corrected chi connectivity index (χ4v) is 6.36. The monoisotopic (exact) mass is 560 g/mol. The number of aliphatic hydroxyl groups excluding tert-OH is 1. The molecule has 0 bridgehead atoms. The zero-order valence-corrected chi connectivity index (χ0v) is 23.4. The van der Waals surface area contributed by atoms with Crippen LogP contribution in [0.2, 0.25) is 0 Å². The molecule has 1 amide bonds. The third kappa shape index (κ3) is 6.22. The zero-order chi connectivity index (χ0) is 28.3. The lowest BCUT2D eigenvalue weighted by atomic mass is 9.87. The molecular weight excluding hydrogens is 519 g/mol. The van der Waals surface area contributed by atoms with Gasteiger partial charge in [0.15, 0.2) is 28.9 Å². The van der Waals surface area contributed by atoms with Gasteiger partial charge in [-0.15, -0.1) is 0 Å². The summed E-state index contributed by atoms with van der Waals surface area (Å²) in [6.07, 6.45) is 9.22. The van der Waals surface area contributed by atoms with Crippen molar-refractivity contribution >= 4 is 34.8 Å². The summed E-state index contributed by atoms with van der Waals surface area (Å²) in [5.74, 6) is 0.569. The number of anilines is 2. The second-order valence-corrected chi connectivity index (χ2v) is 11.7. The van der Waals surface area contributed by atoms with Gasteiger partial charge in [-0.3, -0.25) is 19.5 Å². The molecule has 1 saturated heterocycles. The lowest BCUT2D eigenvalue weighted by Gasteiger charge is -2.24. The molecule has 5 rings (SSSR count). The number of hydrogen-bond donors (Lipinski definition) is 3. The van der Waals surface area contributed by atoms with Gasteiger partial charge < -0.3 is 19.9 Å². The van der Waals surface area contributed by atoms with Gasteiger partial charge in [-0.05, 0) is 44.4 Å². The summed E-state index contributed by atoms with van der Waals surface area (Å²) < 4.78 is 28.7. The standard InChI is InChI=1S/C28H41FN6O5/c1-28(29)23(38)19(15-39-21(37)14-18-11-7-4-8-12-18)40-26(28)35-16-31-22-24(30-2)33-27(34-25(22)35)32-20(36)13-17-9-5-3-6-10-17/h16-19,23,26,38H,3-15H2,1-2H3,(H2,30,32,33,34,36)/t19-,23-,26-,28-/m1/s1. The third-order valence-corrected chi connectivity index (χ3v) is 8.67. The van der Waals surface area contributed by atoms with E-state index in [0.717, 1.165) is 51.4 Å². The Morgan fingerprint density at radius 2 is 1.75 bits per heavy atom. The van der Waals surface area contributed by atoms with Crippen molar-refractivity contribution in [2.45, 2.75) is 108 Å². The lowest BCUT2D eigenvalue weighted by molar-refractivity contribution is -0.151. The number of nitrogens with one attached hydrogen (secondary N) is 2. The molecule has 0 spiro atoms. The number of ether oxygens (including phenoxy) is 2. The highest BCUT2D eigenvalue weighted by Gasteiger charge is 2.55. The highest BCUT2D eigenvalue weighted by atomic mass is 19.1. The van der Waals surface area contributed by atoms with Crippen molar-refractivity contribution in [3.8, 4) is 0 Å². The Hall–Kier alpha value is -2.86. The Balaban J connectivity index is 1.29. The molecule has 2 aromatic rings. The lowest BCUT2D eigenvalue weighted by Crippen LogP contribution is -2.41. The Morgan fingerprint density at radius 1 is 1.10 bits per heavy atom. The van der Waals surface area contributed by atoms with Crippen LogP contribution in [0.25, 0.3) is 11.2 Å². The summed E-state index contributed by atoms with van der Waals surface area (Å²) in [5.41, 5.74) is -1.63. The van der Waals surface area contributed by atoms with E-state index in [1.54, 1.807) is 7.05 Å². The molecule has 0 aromatic carbocycles. The summed E-state index contributed by atoms with van der Waals surface area (Å²) in [7, 11) is 1.67. The number of amides is 1. The van der Waals surface area contributed by atoms with Crippen LogP contribution < -0.4 is 10.6 Å². The van der Waals surface area contributed by atoms with E-state index >= 15 is 4.39 Å². The van der Waals surface area contributed by atoms with Crippen molar-refractivity contribution < 1.29 is 28.6 Å². The largest absolute Gasteiger partial charge is 0.463 e. The maximum atomic E-state index is 16.0. The summed E-state index contributed by atoms with van der Waals surface area (Å²) in [6, 6.07) is 0. The molecule has 3 heterocycles. The fourth-order valence-electron chi connectivity index (χ4n) is 6.36. The molecule has 3 aliphatic rings. The number of hydrogen-bond acceptors (Lipinski definition) is 9. The van der Waals surface area contributed by atoms with E-state index in [1.807, 2.05) is 0 Å². The first-order valence-electron chi connectivity index (χ1n) is 14.7. The van der Waals surface area contributed by atoms with E-state index in [9.17, 15) is 14.7 Å². The fraction of sp³-hybridized carbons (Fsp3) is 0.750. The highest BCUT2D eigenvalue weighted by Crippen LogP contribution is 2.43. The van der Waals surface area contributed by atoms with Crippen LogP contribution in [0.5, 0.6) is 0 Å². The molecule has 2 aromatic heterocycles. The van der Waals surface area contributed by atoms with Crippen LogP contribution >= 0.6 is 0 Å². The average molecular weight is 561 g/mol. The Bertz CT molecular complexity index is 1190. The number of nitrogens with zero attached hydrogens (tertiary/aromatic N) is 4. The average Bonchev–Trinajstić information content (AvgIpc) is 3.45. The van der Waals surface area contributed by atoms with Crippen LogP contribution in [-0.4, -0.2) is 68.0 Å². The number of carbonyl (C=O) groups excluding carboxylic acids is 2. The highest BCUT2D eigenvalue weighted by molar-refractivity contribution is 5.91. The molecule has 2 aliphatic carbocycles. The first-order valence-corrected chi connectivity index (χ1v) is 14.7. The van der Waals surface area contributed by atoms with E-state index in [-0.39, 0.29) is 30.1 Å². The number of halogens is 1. The molecular formula is C28H41FN6O5. The normalized spacial score (nSPS) is 28.1. The van der Waals surface area contributed by atoms with Crippen LogP contribution in [0.4, 0.5) is 16.2 Å². The van der Waals surface area contributed by atoms with Crippen molar-refractivity contribution in [1.82, 2.24) is 19.5 Å². The molecule has 3 N–H and O–H groups in total. The molecule has 3 fully saturated rings. The Kier molecular flexibility index (Phi) is 8.84. The summed E-state index contributed by atoms with van der Waals surface area (Å²) >= 11 is 0. The van der Waals surface area contributed by atoms with Gasteiger partial charge >= 0.3 is 5.97 Å². The van der Waals surface area contributed by atoms with E-state index in [4.69, 9.17) is 9.47 Å². The second-order valence-electron chi connectivity index (χ2n) is 11.7. The number of esters is 1. The van der Waals surface area contributed by atoms with Gasteiger partial charge in [0, 0.05) is 19.9 Å². The first kappa shape index (κ1) is 28.7.